The molecule has 4 N–H and O–H groups in total. The van der Waals surface area contributed by atoms with Crippen molar-refractivity contribution >= 4 is 40.3 Å². The number of hydrogen-bond donors (Lipinski definition) is 3. The van der Waals surface area contributed by atoms with E-state index >= 15 is 0 Å². The van der Waals surface area contributed by atoms with Crippen LogP contribution < -0.4 is 11.1 Å². The molecule has 12 heteroatoms. The molecule has 1 amide bonds. The van der Waals surface area contributed by atoms with Crippen LogP contribution in [-0.2, 0) is 14.3 Å². The van der Waals surface area contributed by atoms with Gasteiger partial charge in [-0.05, 0) is 0 Å². The van der Waals surface area contributed by atoms with Crippen molar-refractivity contribution in [2.24, 2.45) is 0 Å². The van der Waals surface area contributed by atoms with Gasteiger partial charge in [0.05, 0.1) is 12.8 Å². The lowest BCUT2D eigenvalue weighted by Crippen LogP contribution is -2.73. The summed E-state index contributed by atoms with van der Waals surface area (Å²) in [5, 5.41) is 19.9. The van der Waals surface area contributed by atoms with Crippen LogP contribution in [0, 0.1) is 0 Å². The second-order valence-electron chi connectivity index (χ2n) is 5.01. The Morgan fingerprint density at radius 1 is 1.61 bits per heavy atom. The van der Waals surface area contributed by atoms with E-state index in [-0.39, 0.29) is 36.7 Å². The van der Waals surface area contributed by atoms with E-state index in [0.29, 0.717) is 20.8 Å². The molecule has 3 aliphatic rings. The topological polar surface area (TPSA) is 140 Å². The van der Waals surface area contributed by atoms with Gasteiger partial charge in [0.1, 0.15) is 12.1 Å². The third-order valence-electron chi connectivity index (χ3n) is 3.81. The Labute approximate surface area is 137 Å². The monoisotopic (exact) mass is 357 g/mol. The van der Waals surface area contributed by atoms with Crippen molar-refractivity contribution < 1.29 is 24.2 Å². The smallest absolute Gasteiger partial charge is 0.449 e. The van der Waals surface area contributed by atoms with Gasteiger partial charge in [0, 0.05) is 11.3 Å². The fraction of sp³-hybridized carbons (Fsp3) is 0.455. The van der Waals surface area contributed by atoms with E-state index < -0.39 is 6.16 Å². The number of carboxylic acid groups (broad SMARTS) is 1. The molecular weight excluding hydrogens is 346 g/mol. The number of amides is 1. The first kappa shape index (κ1) is 14.7. The molecule has 0 bridgehead atoms. The number of nitrogens with one attached hydrogen (secondary N) is 1. The van der Waals surface area contributed by atoms with Crippen LogP contribution in [0.5, 0.6) is 0 Å². The minimum absolute atomic E-state index is 0.0439. The molecule has 4 rings (SSSR count). The SMILES string of the molecule is Nc1nnc(SCC2=C(OC(=O)O)N3C(=O)[C@H]4NCOC2[C@H]43)s1. The van der Waals surface area contributed by atoms with Gasteiger partial charge in [-0.2, -0.15) is 0 Å². The zero-order chi connectivity index (χ0) is 16.1. The minimum Gasteiger partial charge on any atom is -0.449 e. The Morgan fingerprint density at radius 2 is 2.43 bits per heavy atom. The molecule has 1 aromatic rings. The summed E-state index contributed by atoms with van der Waals surface area (Å²) < 4.78 is 11.2. The number of ether oxygens (including phenoxy) is 2. The molecule has 4 heterocycles. The Morgan fingerprint density at radius 3 is 3.13 bits per heavy atom. The van der Waals surface area contributed by atoms with Crippen LogP contribution in [0.1, 0.15) is 0 Å². The average molecular weight is 357 g/mol. The van der Waals surface area contributed by atoms with Gasteiger partial charge in [0.25, 0.3) is 0 Å². The Bertz CT molecular complexity index is 721. The molecule has 0 saturated carbocycles. The van der Waals surface area contributed by atoms with Crippen LogP contribution in [0.2, 0.25) is 0 Å². The van der Waals surface area contributed by atoms with Crippen molar-refractivity contribution in [1.82, 2.24) is 20.4 Å². The van der Waals surface area contributed by atoms with Crippen LogP contribution in [0.25, 0.3) is 0 Å². The molecule has 1 unspecified atom stereocenters. The maximum Gasteiger partial charge on any atom is 0.512 e. The van der Waals surface area contributed by atoms with E-state index in [2.05, 4.69) is 15.5 Å². The molecule has 0 spiro atoms. The van der Waals surface area contributed by atoms with Crippen LogP contribution in [0.4, 0.5) is 9.93 Å². The summed E-state index contributed by atoms with van der Waals surface area (Å²) in [5.41, 5.74) is 6.16. The van der Waals surface area contributed by atoms with E-state index in [0.717, 1.165) is 0 Å². The van der Waals surface area contributed by atoms with Crippen molar-refractivity contribution in [1.29, 1.82) is 0 Å². The van der Waals surface area contributed by atoms with Crippen molar-refractivity contribution in [2.75, 3.05) is 18.2 Å². The number of hydrogen-bond acceptors (Lipinski definition) is 10. The van der Waals surface area contributed by atoms with Gasteiger partial charge in [-0.25, -0.2) is 4.79 Å². The fourth-order valence-corrected chi connectivity index (χ4v) is 4.61. The lowest BCUT2D eigenvalue weighted by molar-refractivity contribution is -0.164. The highest BCUT2D eigenvalue weighted by Gasteiger charge is 2.62. The summed E-state index contributed by atoms with van der Waals surface area (Å²) in [6.45, 7) is 0.228. The summed E-state index contributed by atoms with van der Waals surface area (Å²) >= 11 is 2.58. The Hall–Kier alpha value is -1.89. The highest BCUT2D eigenvalue weighted by Crippen LogP contribution is 2.44. The largest absolute Gasteiger partial charge is 0.512 e. The van der Waals surface area contributed by atoms with Crippen molar-refractivity contribution in [3.63, 3.8) is 0 Å². The number of anilines is 1. The first-order valence-corrected chi connectivity index (χ1v) is 8.40. The zero-order valence-corrected chi connectivity index (χ0v) is 13.1. The second kappa shape index (κ2) is 5.33. The van der Waals surface area contributed by atoms with Gasteiger partial charge in [-0.3, -0.25) is 15.0 Å². The molecule has 0 aromatic carbocycles. The second-order valence-corrected chi connectivity index (χ2v) is 7.24. The summed E-state index contributed by atoms with van der Waals surface area (Å²) in [7, 11) is 0. The molecule has 1 aromatic heterocycles. The number of thioether (sulfide) groups is 1. The Kier molecular flexibility index (Phi) is 3.41. The van der Waals surface area contributed by atoms with E-state index in [1.807, 2.05) is 0 Å². The molecule has 23 heavy (non-hydrogen) atoms. The first-order valence-electron chi connectivity index (χ1n) is 6.60. The third kappa shape index (κ3) is 2.25. The predicted molar refractivity (Wildman–Crippen MR) is 78.5 cm³/mol. The summed E-state index contributed by atoms with van der Waals surface area (Å²) in [4.78, 5) is 24.4. The van der Waals surface area contributed by atoms with Crippen LogP contribution in [0.15, 0.2) is 15.8 Å². The van der Waals surface area contributed by atoms with Gasteiger partial charge in [-0.15, -0.1) is 10.2 Å². The van der Waals surface area contributed by atoms with E-state index in [9.17, 15) is 9.59 Å². The average Bonchev–Trinajstić information content (AvgIpc) is 3.04. The maximum atomic E-state index is 12.1. The zero-order valence-electron chi connectivity index (χ0n) is 11.5. The number of nitrogens with zero attached hydrogens (tertiary/aromatic N) is 3. The molecule has 3 atom stereocenters. The molecule has 2 fully saturated rings. The van der Waals surface area contributed by atoms with Gasteiger partial charge >= 0.3 is 6.16 Å². The van der Waals surface area contributed by atoms with Gasteiger partial charge in [0.15, 0.2) is 4.34 Å². The quantitative estimate of drug-likeness (QED) is 0.372. The van der Waals surface area contributed by atoms with E-state index in [4.69, 9.17) is 20.3 Å². The summed E-state index contributed by atoms with van der Waals surface area (Å²) in [6, 6.07) is -0.624. The number of carbonyl (C=O) groups excluding carboxylic acids is 1. The van der Waals surface area contributed by atoms with Gasteiger partial charge in [0.2, 0.25) is 16.9 Å². The van der Waals surface area contributed by atoms with E-state index in [1.54, 1.807) is 0 Å². The highest BCUT2D eigenvalue weighted by atomic mass is 32.2. The first-order chi connectivity index (χ1) is 11.1. The highest BCUT2D eigenvalue weighted by molar-refractivity contribution is 8.01. The maximum absolute atomic E-state index is 12.1. The molecule has 3 aliphatic heterocycles. The molecular formula is C11H11N5O5S2. The number of rotatable bonds is 4. The van der Waals surface area contributed by atoms with Gasteiger partial charge < -0.3 is 20.3 Å². The Balaban J connectivity index is 1.61. The van der Waals surface area contributed by atoms with Crippen molar-refractivity contribution in [3.8, 4) is 0 Å². The van der Waals surface area contributed by atoms with Crippen molar-refractivity contribution in [2.45, 2.75) is 22.5 Å². The fourth-order valence-electron chi connectivity index (χ4n) is 2.93. The molecule has 0 radical (unpaired) electrons. The lowest BCUT2D eigenvalue weighted by atomic mass is 9.91. The number of β-lactam (4-membered cyclic amide) rings is 1. The van der Waals surface area contributed by atoms with Crippen LogP contribution in [0.3, 0.4) is 0 Å². The summed E-state index contributed by atoms with van der Waals surface area (Å²) in [6.07, 6.45) is -1.85. The van der Waals surface area contributed by atoms with Gasteiger partial charge in [-0.1, -0.05) is 23.1 Å². The number of aromatic nitrogens is 2. The minimum atomic E-state index is -1.47. The van der Waals surface area contributed by atoms with E-state index in [1.165, 1.54) is 28.0 Å². The predicted octanol–water partition coefficient (Wildman–Crippen LogP) is -0.343. The third-order valence-corrected chi connectivity index (χ3v) is 5.75. The molecule has 2 saturated heterocycles. The normalized spacial score (nSPS) is 28.6. The lowest BCUT2D eigenvalue weighted by Gasteiger charge is -2.47. The molecule has 122 valence electrons. The standard InChI is InChI=1S/C11H11N5O5S2/c12-9-14-15-10(23-9)22-1-3-6-5-4(13-2-20-6)7(17)16(5)8(3)21-11(18)19/h4-6,13H,1-2H2,(H2,12,14)(H,18,19)/t4-,5-,6?/m0/s1. The van der Waals surface area contributed by atoms with Crippen LogP contribution >= 0.6 is 23.1 Å². The number of carbonyl (C=O) groups is 2. The summed E-state index contributed by atoms with van der Waals surface area (Å²) in [5.74, 6) is 0.205. The molecule has 0 aliphatic carbocycles. The van der Waals surface area contributed by atoms with Crippen molar-refractivity contribution in [3.05, 3.63) is 11.5 Å². The number of nitrogens with two attached hydrogens (primary N) is 1. The number of nitrogen functional groups attached to an aromatic ring is 1. The van der Waals surface area contributed by atoms with Crippen LogP contribution in [-0.4, -0.2) is 62.9 Å². The molecule has 10 nitrogen and oxygen atoms in total.